The number of hydrogen-bond donors (Lipinski definition) is 0. The molecule has 0 aromatic heterocycles. The number of nitrogens with zero attached hydrogens (tertiary/aromatic N) is 2. The number of halogens is 2. The van der Waals surface area contributed by atoms with Crippen LogP contribution in [0.4, 0.5) is 10.1 Å². The van der Waals surface area contributed by atoms with Crippen LogP contribution in [0.1, 0.15) is 15.9 Å². The zero-order valence-corrected chi connectivity index (χ0v) is 17.1. The SMILES string of the molecule is C=CCN1C(=O)C2C(C1=O)C(C(=O)c1ccc(Cl)cc1)N1c3ccc(F)cc3C=CC21. The third-order valence-corrected chi connectivity index (χ3v) is 6.52. The molecular weight excluding hydrogens is 419 g/mol. The second-order valence-electron chi connectivity index (χ2n) is 7.90. The van der Waals surface area contributed by atoms with Crippen LogP contribution in [0.2, 0.25) is 5.02 Å². The van der Waals surface area contributed by atoms with Gasteiger partial charge in [-0.3, -0.25) is 19.3 Å². The Labute approximate surface area is 183 Å². The number of amides is 2. The van der Waals surface area contributed by atoms with Crippen LogP contribution in [0.25, 0.3) is 6.08 Å². The number of fused-ring (bicyclic) bond motifs is 5. The zero-order valence-electron chi connectivity index (χ0n) is 16.4. The number of Topliss-reactive ketones (excluding diaryl/α,β-unsaturated/α-hetero) is 1. The van der Waals surface area contributed by atoms with Crippen LogP contribution in [-0.4, -0.2) is 41.1 Å². The molecule has 4 unspecified atom stereocenters. The van der Waals surface area contributed by atoms with Gasteiger partial charge in [0, 0.05) is 28.4 Å². The number of carbonyl (C=O) groups excluding carboxylic acids is 3. The topological polar surface area (TPSA) is 57.7 Å². The first-order valence-electron chi connectivity index (χ1n) is 9.94. The fraction of sp³-hybridized carbons (Fsp3) is 0.208. The van der Waals surface area contributed by atoms with Crippen molar-refractivity contribution in [3.8, 4) is 0 Å². The van der Waals surface area contributed by atoms with Gasteiger partial charge in [0.15, 0.2) is 5.78 Å². The highest BCUT2D eigenvalue weighted by atomic mass is 35.5. The Morgan fingerprint density at radius 2 is 1.81 bits per heavy atom. The number of likely N-dealkylation sites (tertiary alicyclic amines) is 1. The van der Waals surface area contributed by atoms with E-state index >= 15 is 0 Å². The predicted molar refractivity (Wildman–Crippen MR) is 115 cm³/mol. The third kappa shape index (κ3) is 2.86. The van der Waals surface area contributed by atoms with Crippen molar-refractivity contribution in [2.24, 2.45) is 11.8 Å². The molecule has 2 fully saturated rings. The average molecular weight is 437 g/mol. The molecule has 0 spiro atoms. The van der Waals surface area contributed by atoms with Gasteiger partial charge in [0.05, 0.1) is 17.9 Å². The molecule has 5 nitrogen and oxygen atoms in total. The first kappa shape index (κ1) is 19.7. The summed E-state index contributed by atoms with van der Waals surface area (Å²) < 4.78 is 13.8. The fourth-order valence-electron chi connectivity index (χ4n) is 5.00. The number of benzene rings is 2. The maximum absolute atomic E-state index is 13.8. The maximum Gasteiger partial charge on any atom is 0.236 e. The van der Waals surface area contributed by atoms with Crippen LogP contribution in [0.5, 0.6) is 0 Å². The first-order chi connectivity index (χ1) is 14.9. The lowest BCUT2D eigenvalue weighted by Crippen LogP contribution is -2.48. The Bertz CT molecular complexity index is 1160. The molecule has 0 N–H and O–H groups in total. The lowest BCUT2D eigenvalue weighted by molar-refractivity contribution is -0.139. The summed E-state index contributed by atoms with van der Waals surface area (Å²) in [5, 5.41) is 0.490. The van der Waals surface area contributed by atoms with Crippen LogP contribution in [0.15, 0.2) is 61.2 Å². The monoisotopic (exact) mass is 436 g/mol. The fourth-order valence-corrected chi connectivity index (χ4v) is 5.13. The molecule has 2 amide bonds. The summed E-state index contributed by atoms with van der Waals surface area (Å²) in [7, 11) is 0. The molecule has 31 heavy (non-hydrogen) atoms. The van der Waals surface area contributed by atoms with E-state index in [1.165, 1.54) is 23.1 Å². The minimum atomic E-state index is -0.892. The highest BCUT2D eigenvalue weighted by Crippen LogP contribution is 2.49. The number of ketones is 1. The normalized spacial score (nSPS) is 26.0. The van der Waals surface area contributed by atoms with Crippen molar-refractivity contribution in [1.29, 1.82) is 0 Å². The van der Waals surface area contributed by atoms with E-state index < -0.39 is 29.7 Å². The van der Waals surface area contributed by atoms with E-state index in [0.29, 0.717) is 21.8 Å². The van der Waals surface area contributed by atoms with Gasteiger partial charge < -0.3 is 4.90 Å². The standard InChI is InChI=1S/C24H18ClFN2O3/c1-2-11-27-23(30)19-18-9-5-14-12-16(26)8-10-17(14)28(18)21(20(19)24(27)31)22(29)13-3-6-15(25)7-4-13/h2-10,12,18-21H,1,11H2. The van der Waals surface area contributed by atoms with Gasteiger partial charge in [-0.1, -0.05) is 29.8 Å². The summed E-state index contributed by atoms with van der Waals surface area (Å²) in [6.07, 6.45) is 5.04. The Kier molecular flexibility index (Phi) is 4.55. The van der Waals surface area contributed by atoms with Gasteiger partial charge in [-0.15, -0.1) is 6.58 Å². The highest BCUT2D eigenvalue weighted by Gasteiger charge is 2.63. The summed E-state index contributed by atoms with van der Waals surface area (Å²) in [5.74, 6) is -2.89. The van der Waals surface area contributed by atoms with Crippen molar-refractivity contribution < 1.29 is 18.8 Å². The summed E-state index contributed by atoms with van der Waals surface area (Å²) in [4.78, 5) is 43.1. The van der Waals surface area contributed by atoms with Crippen molar-refractivity contribution >= 4 is 41.0 Å². The largest absolute Gasteiger partial charge is 0.352 e. The molecule has 156 valence electrons. The molecule has 3 heterocycles. The summed E-state index contributed by atoms with van der Waals surface area (Å²) in [6.45, 7) is 3.73. The van der Waals surface area contributed by atoms with Gasteiger partial charge in [-0.05, 0) is 42.5 Å². The molecule has 0 saturated carbocycles. The van der Waals surface area contributed by atoms with E-state index in [9.17, 15) is 18.8 Å². The van der Waals surface area contributed by atoms with E-state index in [1.807, 2.05) is 4.90 Å². The molecular formula is C24H18ClFN2O3. The van der Waals surface area contributed by atoms with E-state index in [4.69, 9.17) is 11.6 Å². The van der Waals surface area contributed by atoms with Crippen molar-refractivity contribution in [3.05, 3.63) is 83.2 Å². The Morgan fingerprint density at radius 3 is 2.52 bits per heavy atom. The minimum Gasteiger partial charge on any atom is -0.352 e. The van der Waals surface area contributed by atoms with E-state index in [1.54, 1.807) is 42.5 Å². The van der Waals surface area contributed by atoms with Gasteiger partial charge in [-0.25, -0.2) is 4.39 Å². The van der Waals surface area contributed by atoms with Gasteiger partial charge in [0.2, 0.25) is 11.8 Å². The quantitative estimate of drug-likeness (QED) is 0.416. The molecule has 7 heteroatoms. The zero-order chi connectivity index (χ0) is 21.9. The number of rotatable bonds is 4. The average Bonchev–Trinajstić information content (AvgIpc) is 3.22. The summed E-state index contributed by atoms with van der Waals surface area (Å²) in [6, 6.07) is 9.39. The minimum absolute atomic E-state index is 0.102. The van der Waals surface area contributed by atoms with Crippen LogP contribution >= 0.6 is 11.6 Å². The lowest BCUT2D eigenvalue weighted by atomic mass is 9.86. The van der Waals surface area contributed by atoms with Gasteiger partial charge in [0.25, 0.3) is 0 Å². The molecule has 0 radical (unpaired) electrons. The van der Waals surface area contributed by atoms with Crippen LogP contribution < -0.4 is 4.90 Å². The first-order valence-corrected chi connectivity index (χ1v) is 10.3. The second-order valence-corrected chi connectivity index (χ2v) is 8.34. The van der Waals surface area contributed by atoms with Crippen molar-refractivity contribution in [1.82, 2.24) is 4.90 Å². The molecule has 3 aliphatic rings. The predicted octanol–water partition coefficient (Wildman–Crippen LogP) is 3.73. The smallest absolute Gasteiger partial charge is 0.236 e. The Hall–Kier alpha value is -3.25. The van der Waals surface area contributed by atoms with Gasteiger partial charge in [0.1, 0.15) is 11.9 Å². The molecule has 2 aromatic carbocycles. The summed E-state index contributed by atoms with van der Waals surface area (Å²) in [5.41, 5.74) is 1.63. The highest BCUT2D eigenvalue weighted by molar-refractivity contribution is 6.30. The van der Waals surface area contributed by atoms with Crippen molar-refractivity contribution in [2.45, 2.75) is 12.1 Å². The number of anilines is 1. The van der Waals surface area contributed by atoms with Gasteiger partial charge in [-0.2, -0.15) is 0 Å². The molecule has 0 bridgehead atoms. The van der Waals surface area contributed by atoms with Crippen LogP contribution in [0.3, 0.4) is 0 Å². The number of carbonyl (C=O) groups is 3. The second kappa shape index (κ2) is 7.17. The van der Waals surface area contributed by atoms with Crippen LogP contribution in [0, 0.1) is 17.7 Å². The van der Waals surface area contributed by atoms with Crippen molar-refractivity contribution in [3.63, 3.8) is 0 Å². The molecule has 2 saturated heterocycles. The maximum atomic E-state index is 13.8. The Balaban J connectivity index is 1.66. The van der Waals surface area contributed by atoms with Gasteiger partial charge >= 0.3 is 0 Å². The molecule has 3 aliphatic heterocycles. The van der Waals surface area contributed by atoms with E-state index in [2.05, 4.69) is 6.58 Å². The third-order valence-electron chi connectivity index (χ3n) is 6.27. The molecule has 5 rings (SSSR count). The molecule has 4 atom stereocenters. The number of imide groups is 1. The summed E-state index contributed by atoms with van der Waals surface area (Å²) >= 11 is 5.97. The molecule has 2 aromatic rings. The van der Waals surface area contributed by atoms with E-state index in [-0.39, 0.29) is 24.1 Å². The number of hydrogen-bond acceptors (Lipinski definition) is 4. The van der Waals surface area contributed by atoms with Crippen molar-refractivity contribution in [2.75, 3.05) is 11.4 Å². The lowest BCUT2D eigenvalue weighted by Gasteiger charge is -2.36. The van der Waals surface area contributed by atoms with Crippen LogP contribution in [-0.2, 0) is 9.59 Å². The van der Waals surface area contributed by atoms with E-state index in [0.717, 1.165) is 0 Å². The molecule has 0 aliphatic carbocycles. The Morgan fingerprint density at radius 1 is 1.10 bits per heavy atom.